The maximum absolute atomic E-state index is 8.55. The molecule has 0 saturated heterocycles. The average Bonchev–Trinajstić information content (AvgIpc) is 3.84. The summed E-state index contributed by atoms with van der Waals surface area (Å²) in [7, 11) is -1.67. The van der Waals surface area contributed by atoms with Gasteiger partial charge in [-0.2, -0.15) is 0 Å². The Balaban J connectivity index is 0.000000227. The number of hydrogen-bond acceptors (Lipinski definition) is 4. The van der Waals surface area contributed by atoms with E-state index < -0.39 is 14.4 Å². The van der Waals surface area contributed by atoms with Crippen LogP contribution in [0.4, 0.5) is 0 Å². The molecule has 0 aliphatic heterocycles. The Labute approximate surface area is 384 Å². The van der Waals surface area contributed by atoms with Crippen LogP contribution >= 0.6 is 0 Å². The van der Waals surface area contributed by atoms with Crippen molar-refractivity contribution in [1.82, 2.24) is 19.5 Å². The number of hydrogen-bond donors (Lipinski definition) is 0. The van der Waals surface area contributed by atoms with Gasteiger partial charge in [0.1, 0.15) is 0 Å². The zero-order valence-electron chi connectivity index (χ0n) is 39.4. The van der Waals surface area contributed by atoms with Crippen LogP contribution < -0.4 is 5.19 Å². The van der Waals surface area contributed by atoms with Crippen molar-refractivity contribution in [2.75, 3.05) is 0 Å². The number of furan rings is 1. The van der Waals surface area contributed by atoms with Crippen molar-refractivity contribution in [3.05, 3.63) is 162 Å². The van der Waals surface area contributed by atoms with Crippen LogP contribution in [-0.4, -0.2) is 27.6 Å². The first kappa shape index (κ1) is 41.9. The van der Waals surface area contributed by atoms with Crippen molar-refractivity contribution < 1.29 is 27.3 Å². The Bertz CT molecular complexity index is 3050. The molecule has 9 rings (SSSR count). The predicted molar refractivity (Wildman–Crippen MR) is 259 cm³/mol. The molecular weight excluding hydrogens is 953 g/mol. The predicted octanol–water partition coefficient (Wildman–Crippen LogP) is 14.3. The van der Waals surface area contributed by atoms with E-state index >= 15 is 0 Å². The maximum Gasteiger partial charge on any atom is 0.216 e. The third-order valence-electron chi connectivity index (χ3n) is 11.1. The standard InChI is InChI=1S/C37H32N3O.C18H24NSi.Ir/c1-22(2)30-20-26(25-12-7-6-8-13-25)21-31(23(3)4)34(30)40-33-17-10-9-16-32(33)39-36(40)29-15-11-14-27-28-19-18-24(5)38-37(28)41-35(27)29;1-14(2)11-16-12-17(15-9-7-6-8-10-15)19-13-18(16)20(3,4)5;/h6-14,16-23H,1-5H3;6-9,12-14H,11H2,1-5H3;/q2*-1;/i;11D2;. The van der Waals surface area contributed by atoms with E-state index in [9.17, 15) is 0 Å². The first-order chi connectivity index (χ1) is 30.0. The van der Waals surface area contributed by atoms with Gasteiger partial charge in [-0.05, 0) is 101 Å². The SMILES string of the molecule is Cc1ccc2c(n1)oc1c(-c3nc4ccccc4n3-c3c(C(C)C)cc(-c4ccccc4)cc3C(C)C)[c-]ccc12.[2H]C([2H])(c1cc(-c2[c-]cccc2)ncc1[Si](C)(C)C)C(C)C.[Ir]. The minimum atomic E-state index is -1.67. The van der Waals surface area contributed by atoms with Gasteiger partial charge >= 0.3 is 0 Å². The molecule has 0 amide bonds. The molecule has 0 bridgehead atoms. The van der Waals surface area contributed by atoms with Crippen LogP contribution in [0, 0.1) is 25.0 Å². The first-order valence-corrected chi connectivity index (χ1v) is 24.9. The minimum absolute atomic E-state index is 0. The third kappa shape index (κ3) is 9.03. The largest absolute Gasteiger partial charge is 0.486 e. The van der Waals surface area contributed by atoms with Gasteiger partial charge in [0, 0.05) is 45.8 Å². The summed E-state index contributed by atoms with van der Waals surface area (Å²) in [6.07, 6.45) is 0.528. The normalized spacial score (nSPS) is 12.5. The molecule has 4 aromatic heterocycles. The van der Waals surface area contributed by atoms with Crippen molar-refractivity contribution in [2.24, 2.45) is 5.92 Å². The van der Waals surface area contributed by atoms with Crippen molar-refractivity contribution in [3.63, 3.8) is 0 Å². The molecule has 0 aliphatic carbocycles. The summed E-state index contributed by atoms with van der Waals surface area (Å²) in [5.74, 6) is 1.32. The topological polar surface area (TPSA) is 56.7 Å². The second kappa shape index (κ2) is 18.5. The summed E-state index contributed by atoms with van der Waals surface area (Å²) in [6.45, 7) is 21.7. The minimum Gasteiger partial charge on any atom is -0.486 e. The van der Waals surface area contributed by atoms with E-state index in [-0.39, 0.29) is 26.0 Å². The number of benzene rings is 5. The van der Waals surface area contributed by atoms with E-state index in [0.717, 1.165) is 66.5 Å². The van der Waals surface area contributed by atoms with E-state index in [0.29, 0.717) is 17.5 Å². The fourth-order valence-corrected chi connectivity index (χ4v) is 9.50. The van der Waals surface area contributed by atoms with Crippen LogP contribution in [-0.2, 0) is 26.5 Å². The van der Waals surface area contributed by atoms with Gasteiger partial charge in [0.15, 0.2) is 0 Å². The molecule has 4 heterocycles. The number of imidazole rings is 1. The average molecular weight is 1010 g/mol. The molecule has 317 valence electrons. The molecule has 9 aromatic rings. The van der Waals surface area contributed by atoms with Crippen molar-refractivity contribution in [2.45, 2.75) is 86.3 Å². The monoisotopic (exact) mass is 1010 g/mol. The van der Waals surface area contributed by atoms with Crippen molar-refractivity contribution in [3.8, 4) is 39.5 Å². The summed E-state index contributed by atoms with van der Waals surface area (Å²) in [5, 5.41) is 3.12. The number of nitrogens with zero attached hydrogens (tertiary/aromatic N) is 4. The van der Waals surface area contributed by atoms with Crippen LogP contribution in [0.5, 0.6) is 0 Å². The number of aryl methyl sites for hydroxylation is 1. The van der Waals surface area contributed by atoms with Crippen LogP contribution in [0.2, 0.25) is 19.6 Å². The van der Waals surface area contributed by atoms with E-state index in [4.69, 9.17) is 12.1 Å². The molecule has 0 unspecified atom stereocenters. The molecular formula is C55H56IrN4OSi-2. The number of para-hydroxylation sites is 2. The zero-order valence-corrected chi connectivity index (χ0v) is 40.8. The van der Waals surface area contributed by atoms with Gasteiger partial charge in [-0.3, -0.25) is 4.98 Å². The maximum atomic E-state index is 8.55. The number of aromatic nitrogens is 4. The summed E-state index contributed by atoms with van der Waals surface area (Å²) in [6, 6.07) is 48.2. The van der Waals surface area contributed by atoms with Gasteiger partial charge in [-0.1, -0.05) is 126 Å². The van der Waals surface area contributed by atoms with E-state index in [1.54, 1.807) is 0 Å². The van der Waals surface area contributed by atoms with Gasteiger partial charge in [-0.15, -0.1) is 54.1 Å². The summed E-state index contributed by atoms with van der Waals surface area (Å²) >= 11 is 0. The number of pyridine rings is 2. The van der Waals surface area contributed by atoms with Crippen LogP contribution in [0.1, 0.15) is 78.5 Å². The van der Waals surface area contributed by atoms with Crippen LogP contribution in [0.3, 0.4) is 0 Å². The van der Waals surface area contributed by atoms with E-state index in [1.165, 1.54) is 27.9 Å². The summed E-state index contributed by atoms with van der Waals surface area (Å²) < 4.78 is 25.9. The van der Waals surface area contributed by atoms with Crippen molar-refractivity contribution in [1.29, 1.82) is 0 Å². The third-order valence-corrected chi connectivity index (χ3v) is 13.1. The first-order valence-electron chi connectivity index (χ1n) is 22.4. The molecule has 0 fully saturated rings. The van der Waals surface area contributed by atoms with E-state index in [2.05, 4.69) is 147 Å². The zero-order chi connectivity index (χ0) is 44.8. The second-order valence-electron chi connectivity index (χ2n) is 17.9. The quantitative estimate of drug-likeness (QED) is 0.107. The Morgan fingerprint density at radius 1 is 0.726 bits per heavy atom. The molecule has 5 nitrogen and oxygen atoms in total. The Morgan fingerprint density at radius 2 is 1.42 bits per heavy atom. The molecule has 62 heavy (non-hydrogen) atoms. The van der Waals surface area contributed by atoms with E-state index in [1.807, 2.05) is 75.5 Å². The smallest absolute Gasteiger partial charge is 0.216 e. The van der Waals surface area contributed by atoms with Crippen LogP contribution in [0.15, 0.2) is 132 Å². The fourth-order valence-electron chi connectivity index (χ4n) is 8.10. The molecule has 0 spiro atoms. The molecule has 7 heteroatoms. The molecule has 0 N–H and O–H groups in total. The molecule has 1 radical (unpaired) electrons. The molecule has 0 saturated carbocycles. The van der Waals surface area contributed by atoms with Gasteiger partial charge < -0.3 is 14.0 Å². The van der Waals surface area contributed by atoms with Crippen LogP contribution in [0.25, 0.3) is 72.6 Å². The summed E-state index contributed by atoms with van der Waals surface area (Å²) in [4.78, 5) is 14.5. The molecule has 0 aliphatic rings. The van der Waals surface area contributed by atoms with Gasteiger partial charge in [-0.25, -0.2) is 4.98 Å². The summed E-state index contributed by atoms with van der Waals surface area (Å²) in [5.41, 5.74) is 13.9. The number of rotatable bonds is 9. The Hall–Kier alpha value is -5.46. The molecule has 0 atom stereocenters. The fraction of sp³-hybridized carbons (Fsp3) is 0.255. The van der Waals surface area contributed by atoms with Crippen molar-refractivity contribution >= 4 is 46.4 Å². The number of fused-ring (bicyclic) bond motifs is 4. The Kier molecular flexibility index (Phi) is 12.5. The van der Waals surface area contributed by atoms with Gasteiger partial charge in [0.05, 0.1) is 30.5 Å². The van der Waals surface area contributed by atoms with Gasteiger partial charge in [0.25, 0.3) is 0 Å². The van der Waals surface area contributed by atoms with Gasteiger partial charge in [0.2, 0.25) is 5.71 Å². The molecule has 5 aromatic carbocycles. The second-order valence-corrected chi connectivity index (χ2v) is 22.9. The Morgan fingerprint density at radius 3 is 2.08 bits per heavy atom.